The number of methoxy groups -OCH3 is 1. The van der Waals surface area contributed by atoms with Crippen LogP contribution >= 0.6 is 35.7 Å². The maximum Gasteiger partial charge on any atom is 0.191 e. The number of hydrogen-bond acceptors (Lipinski definition) is 5. The molecule has 3 N–H and O–H groups in total. The van der Waals surface area contributed by atoms with Crippen molar-refractivity contribution >= 4 is 41.7 Å². The zero-order valence-corrected chi connectivity index (χ0v) is 21.0. The van der Waals surface area contributed by atoms with Gasteiger partial charge < -0.3 is 25.2 Å². The number of aliphatic hydroxyl groups is 1. The number of nitrogens with one attached hydrogen (secondary N) is 2. The number of nitrogens with zero attached hydrogens (tertiary/aromatic N) is 1. The van der Waals surface area contributed by atoms with Crippen molar-refractivity contribution in [2.24, 2.45) is 4.99 Å². The van der Waals surface area contributed by atoms with Gasteiger partial charge in [-0.25, -0.2) is 9.38 Å². The maximum atomic E-state index is 12.9. The highest BCUT2D eigenvalue weighted by Gasteiger charge is 2.06. The van der Waals surface area contributed by atoms with Gasteiger partial charge in [0, 0.05) is 18.0 Å². The van der Waals surface area contributed by atoms with Crippen LogP contribution in [0, 0.1) is 5.82 Å². The molecule has 0 fully saturated rings. The van der Waals surface area contributed by atoms with Crippen molar-refractivity contribution in [1.29, 1.82) is 0 Å². The Bertz CT molecular complexity index is 794. The Morgan fingerprint density at radius 2 is 1.90 bits per heavy atom. The fourth-order valence-corrected chi connectivity index (χ4v) is 3.45. The van der Waals surface area contributed by atoms with E-state index >= 15 is 0 Å². The lowest BCUT2D eigenvalue weighted by molar-refractivity contribution is 0.196. The van der Waals surface area contributed by atoms with Crippen LogP contribution in [0.1, 0.15) is 18.9 Å². The molecule has 6 nitrogen and oxygen atoms in total. The van der Waals surface area contributed by atoms with Crippen LogP contribution in [0.2, 0.25) is 0 Å². The number of hydrogen-bond donors (Lipinski definition) is 3. The quantitative estimate of drug-likeness (QED) is 0.119. The van der Waals surface area contributed by atoms with Gasteiger partial charge in [-0.15, -0.1) is 35.7 Å². The minimum Gasteiger partial charge on any atom is -0.493 e. The number of guanidine groups is 1. The van der Waals surface area contributed by atoms with E-state index in [-0.39, 0.29) is 43.0 Å². The van der Waals surface area contributed by atoms with E-state index in [2.05, 4.69) is 15.6 Å². The molecule has 2 aromatic rings. The first-order valence-electron chi connectivity index (χ1n) is 9.97. The van der Waals surface area contributed by atoms with Gasteiger partial charge in [0.2, 0.25) is 0 Å². The van der Waals surface area contributed by atoms with E-state index in [0.717, 1.165) is 41.7 Å². The van der Waals surface area contributed by atoms with Gasteiger partial charge in [-0.05, 0) is 61.1 Å². The highest BCUT2D eigenvalue weighted by atomic mass is 127. The summed E-state index contributed by atoms with van der Waals surface area (Å²) in [6, 6.07) is 12.2. The summed E-state index contributed by atoms with van der Waals surface area (Å²) in [4.78, 5) is 5.69. The fraction of sp³-hybridized carbons (Fsp3) is 0.409. The highest BCUT2D eigenvalue weighted by molar-refractivity contribution is 14.0. The predicted octanol–water partition coefficient (Wildman–Crippen LogP) is 4.06. The minimum atomic E-state index is -0.211. The lowest BCUT2D eigenvalue weighted by Crippen LogP contribution is -2.37. The Morgan fingerprint density at radius 1 is 1.13 bits per heavy atom. The molecule has 0 spiro atoms. The first-order chi connectivity index (χ1) is 14.7. The van der Waals surface area contributed by atoms with Gasteiger partial charge >= 0.3 is 0 Å². The molecule has 0 bridgehead atoms. The van der Waals surface area contributed by atoms with Gasteiger partial charge in [0.1, 0.15) is 12.4 Å². The van der Waals surface area contributed by atoms with Crippen molar-refractivity contribution < 1.29 is 19.0 Å². The van der Waals surface area contributed by atoms with E-state index in [9.17, 15) is 4.39 Å². The SMILES string of the molecule is CCNC(=NCc1ccc(OCCO)c(OC)c1)NCCCSc1ccc(F)cc1.I. The summed E-state index contributed by atoms with van der Waals surface area (Å²) >= 11 is 1.71. The van der Waals surface area contributed by atoms with Crippen molar-refractivity contribution in [3.63, 3.8) is 0 Å². The number of rotatable bonds is 12. The summed E-state index contributed by atoms with van der Waals surface area (Å²) in [5, 5.41) is 15.5. The van der Waals surface area contributed by atoms with Crippen LogP contribution in [-0.2, 0) is 6.54 Å². The second-order valence-corrected chi connectivity index (χ2v) is 7.50. The lowest BCUT2D eigenvalue weighted by atomic mass is 10.2. The Hall–Kier alpha value is -1.72. The zero-order valence-electron chi connectivity index (χ0n) is 17.9. The fourth-order valence-electron chi connectivity index (χ4n) is 2.60. The van der Waals surface area contributed by atoms with Crippen LogP contribution in [0.25, 0.3) is 0 Å². The number of thioether (sulfide) groups is 1. The Balaban J connectivity index is 0.00000480. The molecular weight excluding hydrogens is 532 g/mol. The molecule has 172 valence electrons. The van der Waals surface area contributed by atoms with E-state index in [4.69, 9.17) is 14.6 Å². The summed E-state index contributed by atoms with van der Waals surface area (Å²) in [6.45, 7) is 4.26. The largest absolute Gasteiger partial charge is 0.493 e. The molecule has 0 aliphatic carbocycles. The maximum absolute atomic E-state index is 12.9. The molecule has 0 aromatic heterocycles. The smallest absolute Gasteiger partial charge is 0.191 e. The van der Waals surface area contributed by atoms with Gasteiger partial charge in [-0.3, -0.25) is 0 Å². The number of aliphatic hydroxyl groups excluding tert-OH is 1. The van der Waals surface area contributed by atoms with Crippen molar-refractivity contribution in [3.05, 3.63) is 53.8 Å². The van der Waals surface area contributed by atoms with Gasteiger partial charge in [0.25, 0.3) is 0 Å². The summed E-state index contributed by atoms with van der Waals surface area (Å²) in [5.41, 5.74) is 0.993. The minimum absolute atomic E-state index is 0. The molecule has 2 aromatic carbocycles. The van der Waals surface area contributed by atoms with Crippen molar-refractivity contribution in [1.82, 2.24) is 10.6 Å². The summed E-state index contributed by atoms with van der Waals surface area (Å²) in [5.74, 6) is 2.70. The van der Waals surface area contributed by atoms with Crippen LogP contribution in [0.4, 0.5) is 4.39 Å². The first-order valence-corrected chi connectivity index (χ1v) is 11.0. The number of aliphatic imine (C=N–C) groups is 1. The van der Waals surface area contributed by atoms with E-state index in [1.807, 2.05) is 25.1 Å². The Labute approximate surface area is 205 Å². The Morgan fingerprint density at radius 3 is 2.58 bits per heavy atom. The molecule has 0 aliphatic rings. The predicted molar refractivity (Wildman–Crippen MR) is 136 cm³/mol. The molecule has 0 aliphatic heterocycles. The van der Waals surface area contributed by atoms with E-state index < -0.39 is 0 Å². The summed E-state index contributed by atoms with van der Waals surface area (Å²) in [7, 11) is 1.59. The van der Waals surface area contributed by atoms with Gasteiger partial charge in [-0.2, -0.15) is 0 Å². The molecule has 31 heavy (non-hydrogen) atoms. The zero-order chi connectivity index (χ0) is 21.6. The lowest BCUT2D eigenvalue weighted by Gasteiger charge is -2.13. The van der Waals surface area contributed by atoms with Crippen LogP contribution < -0.4 is 20.1 Å². The molecular formula is C22H31FIN3O3S. The molecule has 0 heterocycles. The van der Waals surface area contributed by atoms with Crippen molar-refractivity contribution in [2.75, 3.05) is 39.2 Å². The number of benzene rings is 2. The van der Waals surface area contributed by atoms with Gasteiger partial charge in [-0.1, -0.05) is 6.07 Å². The van der Waals surface area contributed by atoms with Crippen LogP contribution in [0.5, 0.6) is 11.5 Å². The second kappa shape index (κ2) is 16.0. The molecule has 0 saturated heterocycles. The van der Waals surface area contributed by atoms with Crippen LogP contribution in [0.15, 0.2) is 52.4 Å². The molecule has 9 heteroatoms. The standard InChI is InChI=1S/C22H30FN3O3S.HI/c1-3-24-22(25-11-4-14-30-19-8-6-18(23)7-9-19)26-16-17-5-10-20(29-13-12-27)21(15-17)28-2;/h5-10,15,27H,3-4,11-14,16H2,1-2H3,(H2,24,25,26);1H. The summed E-state index contributed by atoms with van der Waals surface area (Å²) < 4.78 is 23.8. The van der Waals surface area contributed by atoms with Crippen LogP contribution in [-0.4, -0.2) is 50.2 Å². The third kappa shape index (κ3) is 10.4. The van der Waals surface area contributed by atoms with Crippen molar-refractivity contribution in [2.45, 2.75) is 24.8 Å². The van der Waals surface area contributed by atoms with E-state index in [1.165, 1.54) is 12.1 Å². The van der Waals surface area contributed by atoms with E-state index in [0.29, 0.717) is 18.0 Å². The molecule has 0 radical (unpaired) electrons. The monoisotopic (exact) mass is 563 g/mol. The number of halogens is 2. The molecule has 2 rings (SSSR count). The van der Waals surface area contributed by atoms with E-state index in [1.54, 1.807) is 31.0 Å². The normalized spacial score (nSPS) is 10.9. The topological polar surface area (TPSA) is 75.1 Å². The first kappa shape index (κ1) is 27.3. The van der Waals surface area contributed by atoms with Gasteiger partial charge in [0.15, 0.2) is 17.5 Å². The molecule has 0 atom stereocenters. The second-order valence-electron chi connectivity index (χ2n) is 6.34. The summed E-state index contributed by atoms with van der Waals surface area (Å²) in [6.07, 6.45) is 0.956. The Kier molecular flexibility index (Phi) is 14.1. The average Bonchev–Trinajstić information content (AvgIpc) is 2.77. The van der Waals surface area contributed by atoms with Crippen molar-refractivity contribution in [3.8, 4) is 11.5 Å². The highest BCUT2D eigenvalue weighted by Crippen LogP contribution is 2.28. The molecule has 0 saturated carbocycles. The van der Waals surface area contributed by atoms with Gasteiger partial charge in [0.05, 0.1) is 20.3 Å². The average molecular weight is 563 g/mol. The third-order valence-corrected chi connectivity index (χ3v) is 5.14. The molecule has 0 unspecified atom stereocenters. The molecule has 0 amide bonds. The van der Waals surface area contributed by atoms with Crippen LogP contribution in [0.3, 0.4) is 0 Å². The number of ether oxygens (including phenoxy) is 2. The third-order valence-electron chi connectivity index (χ3n) is 4.04.